The first-order valence-corrected chi connectivity index (χ1v) is 5.80. The minimum Gasteiger partial charge on any atom is -0.380 e. The van der Waals surface area contributed by atoms with E-state index in [2.05, 4.69) is 10.5 Å². The molecule has 0 aliphatic carbocycles. The third-order valence-corrected chi connectivity index (χ3v) is 2.14. The zero-order valence-electron chi connectivity index (χ0n) is 11.8. The maximum atomic E-state index is 11.3. The van der Waals surface area contributed by atoms with E-state index in [1.165, 1.54) is 0 Å². The molecular formula is C17H48NO4P. The van der Waals surface area contributed by atoms with Gasteiger partial charge in [-0.3, -0.25) is 14.2 Å². The summed E-state index contributed by atoms with van der Waals surface area (Å²) >= 11 is 0. The standard InChI is InChI=1S/C11H20O3.6CH4.H4NOP/c1-5-10(13)6-7-14-8-11(3,4)9(2)12;;;;;;;1-2-3/h5-8H2,1-4H3;6*1H4;1,3H2/i2T;;;;;;;. The molecule has 0 aliphatic heterocycles. The van der Waals surface area contributed by atoms with Gasteiger partial charge in [-0.05, 0) is 6.90 Å². The van der Waals surface area contributed by atoms with Gasteiger partial charge >= 0.3 is 0 Å². The van der Waals surface area contributed by atoms with Crippen LogP contribution in [0.2, 0.25) is 0 Å². The summed E-state index contributed by atoms with van der Waals surface area (Å²) in [4.78, 5) is 22.2. The number of hydrogen-bond acceptors (Lipinski definition) is 5. The summed E-state index contributed by atoms with van der Waals surface area (Å²) in [7, 11) is 1.86. The van der Waals surface area contributed by atoms with Crippen molar-refractivity contribution in [2.45, 2.75) is 85.1 Å². The molecule has 0 amide bonds. The second-order valence-electron chi connectivity index (χ2n) is 4.14. The van der Waals surface area contributed by atoms with Gasteiger partial charge in [0.2, 0.25) is 0 Å². The second kappa shape index (κ2) is 29.6. The summed E-state index contributed by atoms with van der Waals surface area (Å²) in [5, 5.41) is 0. The average Bonchev–Trinajstić information content (AvgIpc) is 2.34. The summed E-state index contributed by atoms with van der Waals surface area (Å²) in [5.41, 5.74) is -0.614. The van der Waals surface area contributed by atoms with E-state index < -0.39 is 5.41 Å². The van der Waals surface area contributed by atoms with Crippen molar-refractivity contribution in [1.82, 2.24) is 0 Å². The molecule has 0 saturated carbocycles. The molecular weight excluding hydrogens is 313 g/mol. The van der Waals surface area contributed by atoms with Crippen LogP contribution >= 0.6 is 9.47 Å². The van der Waals surface area contributed by atoms with Gasteiger partial charge in [0.25, 0.3) is 0 Å². The van der Waals surface area contributed by atoms with Crippen LogP contribution in [0.1, 0.15) is 86.4 Å². The van der Waals surface area contributed by atoms with Crippen LogP contribution in [0.3, 0.4) is 0 Å². The van der Waals surface area contributed by atoms with E-state index >= 15 is 0 Å². The van der Waals surface area contributed by atoms with Gasteiger partial charge in [-0.2, -0.15) is 0 Å². The van der Waals surface area contributed by atoms with E-state index in [1.54, 1.807) is 13.8 Å². The van der Waals surface area contributed by atoms with E-state index in [-0.39, 0.29) is 69.6 Å². The Morgan fingerprint density at radius 1 is 1.13 bits per heavy atom. The molecule has 0 aliphatic rings. The molecule has 6 heteroatoms. The van der Waals surface area contributed by atoms with Gasteiger partial charge in [-0.1, -0.05) is 65.3 Å². The fourth-order valence-electron chi connectivity index (χ4n) is 0.771. The Hall–Kier alpha value is -0.350. The Morgan fingerprint density at radius 2 is 1.52 bits per heavy atom. The second-order valence-corrected chi connectivity index (χ2v) is 4.41. The Bertz CT molecular complexity index is 253. The minimum atomic E-state index is -0.614. The van der Waals surface area contributed by atoms with Crippen LogP contribution in [-0.4, -0.2) is 24.8 Å². The highest BCUT2D eigenvalue weighted by Gasteiger charge is 2.23. The number of ether oxygens (including phenoxy) is 1. The smallest absolute Gasteiger partial charge is 0.137 e. The molecule has 0 radical (unpaired) electrons. The third kappa shape index (κ3) is 34.1. The molecule has 0 rings (SSSR count). The van der Waals surface area contributed by atoms with Crippen molar-refractivity contribution in [3.05, 3.63) is 0 Å². The molecule has 5 nitrogen and oxygen atoms in total. The SMILES string of the molecule is C.C.C.C.C.C.NOP.[3H]CC(=O)C(C)(C)COCCC(=O)CC. The summed E-state index contributed by atoms with van der Waals surface area (Å²) in [6.45, 7) is 5.75. The van der Waals surface area contributed by atoms with Crippen molar-refractivity contribution >= 4 is 21.0 Å². The maximum Gasteiger partial charge on any atom is 0.137 e. The van der Waals surface area contributed by atoms with E-state index in [9.17, 15) is 9.59 Å². The normalized spacial score (nSPS) is 8.30. The summed E-state index contributed by atoms with van der Waals surface area (Å²) in [6.07, 6.45) is 0.931. The summed E-state index contributed by atoms with van der Waals surface area (Å²) < 4.78 is 15.9. The van der Waals surface area contributed by atoms with Gasteiger partial charge < -0.3 is 4.74 Å². The molecule has 0 heterocycles. The lowest BCUT2D eigenvalue weighted by Gasteiger charge is -2.20. The quantitative estimate of drug-likeness (QED) is 0.368. The van der Waals surface area contributed by atoms with Crippen LogP contribution in [0.4, 0.5) is 0 Å². The fourth-order valence-corrected chi connectivity index (χ4v) is 0.771. The molecule has 150 valence electrons. The van der Waals surface area contributed by atoms with E-state index in [1.807, 2.05) is 16.4 Å². The highest BCUT2D eigenvalue weighted by atomic mass is 31.0. The van der Waals surface area contributed by atoms with Crippen LogP contribution in [0.25, 0.3) is 0 Å². The molecule has 2 N–H and O–H groups in total. The molecule has 0 aromatic heterocycles. The first-order valence-electron chi connectivity index (χ1n) is 6.04. The molecule has 1 unspecified atom stereocenters. The summed E-state index contributed by atoms with van der Waals surface area (Å²) in [6, 6.07) is 0. The topological polar surface area (TPSA) is 78.6 Å². The van der Waals surface area contributed by atoms with Crippen LogP contribution in [0.5, 0.6) is 0 Å². The van der Waals surface area contributed by atoms with E-state index in [0.717, 1.165) is 0 Å². The van der Waals surface area contributed by atoms with Crippen LogP contribution in [0.15, 0.2) is 0 Å². The summed E-state index contributed by atoms with van der Waals surface area (Å²) in [5.74, 6) is 4.34. The van der Waals surface area contributed by atoms with E-state index in [4.69, 9.17) is 6.11 Å². The Kier molecular flexibility index (Phi) is 55.9. The minimum absolute atomic E-state index is 0. The highest BCUT2D eigenvalue weighted by Crippen LogP contribution is 2.16. The van der Waals surface area contributed by atoms with Crippen molar-refractivity contribution in [3.63, 3.8) is 0 Å². The van der Waals surface area contributed by atoms with Crippen molar-refractivity contribution < 1.29 is 20.3 Å². The first kappa shape index (κ1) is 43.3. The van der Waals surface area contributed by atoms with Crippen LogP contribution in [0, 0.1) is 5.41 Å². The van der Waals surface area contributed by atoms with Gasteiger partial charge in [0, 0.05) is 29.1 Å². The lowest BCUT2D eigenvalue weighted by molar-refractivity contribution is -0.128. The van der Waals surface area contributed by atoms with Gasteiger partial charge in [-0.15, -0.1) is 0 Å². The number of carbonyl (C=O) groups is 2. The lowest BCUT2D eigenvalue weighted by atomic mass is 9.90. The van der Waals surface area contributed by atoms with Crippen molar-refractivity contribution in [3.8, 4) is 0 Å². The van der Waals surface area contributed by atoms with Crippen molar-refractivity contribution in [2.24, 2.45) is 11.3 Å². The Labute approximate surface area is 151 Å². The largest absolute Gasteiger partial charge is 0.380 e. The predicted octanol–water partition coefficient (Wildman–Crippen LogP) is 5.47. The molecule has 0 aromatic rings. The maximum absolute atomic E-state index is 11.3. The number of carbonyl (C=O) groups excluding carboxylic acids is 2. The highest BCUT2D eigenvalue weighted by molar-refractivity contribution is 7.09. The molecule has 0 aromatic carbocycles. The van der Waals surface area contributed by atoms with Gasteiger partial charge in [0.1, 0.15) is 11.6 Å². The zero-order valence-corrected chi connectivity index (χ0v) is 12.0. The van der Waals surface area contributed by atoms with Gasteiger partial charge in [0.15, 0.2) is 0 Å². The number of rotatable bonds is 7. The van der Waals surface area contributed by atoms with Crippen molar-refractivity contribution in [1.29, 1.82) is 0 Å². The van der Waals surface area contributed by atoms with Crippen LogP contribution < -0.4 is 5.90 Å². The molecule has 0 fully saturated rings. The first-order chi connectivity index (χ1) is 8.35. The van der Waals surface area contributed by atoms with Crippen molar-refractivity contribution in [2.75, 3.05) is 13.2 Å². The Balaban J connectivity index is -0.0000000440. The number of ketones is 2. The number of nitrogens with two attached hydrogens (primary N) is 1. The predicted molar refractivity (Wildman–Crippen MR) is 111 cm³/mol. The molecule has 1 atom stereocenters. The van der Waals surface area contributed by atoms with E-state index in [0.29, 0.717) is 19.4 Å². The average molecular weight is 364 g/mol. The lowest BCUT2D eigenvalue weighted by Crippen LogP contribution is -2.27. The van der Waals surface area contributed by atoms with Crippen LogP contribution in [-0.2, 0) is 19.0 Å². The molecule has 23 heavy (non-hydrogen) atoms. The monoisotopic (exact) mass is 363 g/mol. The number of Topliss-reactive ketones (excluding diaryl/α,β-unsaturated/α-hetero) is 2. The zero-order chi connectivity index (χ0) is 14.6. The number of hydrogen-bond donors (Lipinski definition) is 1. The molecule has 0 spiro atoms. The molecule has 0 bridgehead atoms. The Morgan fingerprint density at radius 3 is 1.83 bits per heavy atom. The molecule has 0 saturated heterocycles. The van der Waals surface area contributed by atoms with Gasteiger partial charge in [-0.25, -0.2) is 5.90 Å². The fraction of sp³-hybridized carbons (Fsp3) is 0.882. The third-order valence-electron chi connectivity index (χ3n) is 2.14. The van der Waals surface area contributed by atoms with Gasteiger partial charge in [0.05, 0.1) is 13.2 Å².